The van der Waals surface area contributed by atoms with Crippen molar-refractivity contribution in [1.82, 2.24) is 9.78 Å². The Hall–Kier alpha value is -1.55. The molecule has 4 heteroatoms. The van der Waals surface area contributed by atoms with Crippen LogP contribution in [0.3, 0.4) is 0 Å². The van der Waals surface area contributed by atoms with Gasteiger partial charge in [0.1, 0.15) is 11.5 Å². The van der Waals surface area contributed by atoms with Crippen molar-refractivity contribution >= 4 is 0 Å². The molecule has 0 aromatic carbocycles. The molecule has 4 nitrogen and oxygen atoms in total. The highest BCUT2D eigenvalue weighted by molar-refractivity contribution is 5.24. The van der Waals surface area contributed by atoms with Crippen molar-refractivity contribution in [3.05, 3.63) is 41.1 Å². The van der Waals surface area contributed by atoms with Crippen LogP contribution < -0.4 is 0 Å². The highest BCUT2D eigenvalue weighted by atomic mass is 16.3. The van der Waals surface area contributed by atoms with Crippen molar-refractivity contribution in [3.8, 4) is 0 Å². The van der Waals surface area contributed by atoms with Gasteiger partial charge >= 0.3 is 0 Å². The van der Waals surface area contributed by atoms with Crippen LogP contribution in [0, 0.1) is 13.8 Å². The summed E-state index contributed by atoms with van der Waals surface area (Å²) in [5.41, 5.74) is 1.91. The van der Waals surface area contributed by atoms with E-state index in [2.05, 4.69) is 5.10 Å². The van der Waals surface area contributed by atoms with Crippen molar-refractivity contribution in [2.24, 2.45) is 0 Å². The van der Waals surface area contributed by atoms with Crippen LogP contribution >= 0.6 is 0 Å². The van der Waals surface area contributed by atoms with Gasteiger partial charge in [0.05, 0.1) is 12.3 Å². The maximum absolute atomic E-state index is 10.2. The van der Waals surface area contributed by atoms with Gasteiger partial charge in [-0.15, -0.1) is 0 Å². The molecular formula is C13H18N2O2. The Morgan fingerprint density at radius 3 is 2.76 bits per heavy atom. The van der Waals surface area contributed by atoms with Gasteiger partial charge in [0, 0.05) is 24.7 Å². The number of furan rings is 1. The van der Waals surface area contributed by atoms with Crippen LogP contribution in [-0.4, -0.2) is 14.9 Å². The molecule has 0 saturated carbocycles. The minimum absolute atomic E-state index is 0.526. The molecule has 1 unspecified atom stereocenters. The van der Waals surface area contributed by atoms with E-state index in [9.17, 15) is 5.11 Å². The maximum atomic E-state index is 10.2. The van der Waals surface area contributed by atoms with Gasteiger partial charge in [-0.2, -0.15) is 5.10 Å². The Morgan fingerprint density at radius 2 is 2.24 bits per heavy atom. The number of hydrogen-bond acceptors (Lipinski definition) is 3. The van der Waals surface area contributed by atoms with Gasteiger partial charge in [-0.05, 0) is 32.4 Å². The molecule has 0 bridgehead atoms. The summed E-state index contributed by atoms with van der Waals surface area (Å²) < 4.78 is 7.28. The van der Waals surface area contributed by atoms with Crippen molar-refractivity contribution in [3.63, 3.8) is 0 Å². The molecule has 1 N–H and O–H groups in total. The Labute approximate surface area is 101 Å². The molecule has 2 aromatic heterocycles. The fourth-order valence-electron chi connectivity index (χ4n) is 2.00. The lowest BCUT2D eigenvalue weighted by Crippen LogP contribution is -2.01. The monoisotopic (exact) mass is 234 g/mol. The normalized spacial score (nSPS) is 12.9. The molecule has 0 spiro atoms. The van der Waals surface area contributed by atoms with Crippen molar-refractivity contribution < 1.29 is 9.52 Å². The van der Waals surface area contributed by atoms with Crippen molar-refractivity contribution in [1.29, 1.82) is 0 Å². The quantitative estimate of drug-likeness (QED) is 0.883. The van der Waals surface area contributed by atoms with E-state index in [-0.39, 0.29) is 0 Å². The summed E-state index contributed by atoms with van der Waals surface area (Å²) in [7, 11) is 0. The molecule has 0 radical (unpaired) electrons. The minimum Gasteiger partial charge on any atom is -0.466 e. The molecule has 92 valence electrons. The molecular weight excluding hydrogens is 216 g/mol. The summed E-state index contributed by atoms with van der Waals surface area (Å²) in [5.74, 6) is 1.62. The number of aromatic nitrogens is 2. The smallest absolute Gasteiger partial charge is 0.106 e. The molecule has 0 amide bonds. The fourth-order valence-corrected chi connectivity index (χ4v) is 2.00. The van der Waals surface area contributed by atoms with E-state index in [0.717, 1.165) is 29.2 Å². The van der Waals surface area contributed by atoms with Gasteiger partial charge in [0.2, 0.25) is 0 Å². The summed E-state index contributed by atoms with van der Waals surface area (Å²) in [6.45, 7) is 6.65. The second kappa shape index (κ2) is 4.75. The molecule has 17 heavy (non-hydrogen) atoms. The average Bonchev–Trinajstić information content (AvgIpc) is 2.85. The second-order valence-corrected chi connectivity index (χ2v) is 4.29. The zero-order valence-electron chi connectivity index (χ0n) is 10.5. The lowest BCUT2D eigenvalue weighted by molar-refractivity contribution is 0.176. The first kappa shape index (κ1) is 11.9. The lowest BCUT2D eigenvalue weighted by Gasteiger charge is -2.07. The van der Waals surface area contributed by atoms with Crippen LogP contribution in [0.15, 0.2) is 22.9 Å². The summed E-state index contributed by atoms with van der Waals surface area (Å²) in [4.78, 5) is 0. The average molecular weight is 234 g/mol. The first-order chi connectivity index (χ1) is 8.10. The second-order valence-electron chi connectivity index (χ2n) is 4.29. The number of aliphatic hydroxyl groups is 1. The first-order valence-corrected chi connectivity index (χ1v) is 5.86. The number of hydrogen-bond donors (Lipinski definition) is 1. The highest BCUT2D eigenvalue weighted by Gasteiger charge is 2.15. The molecule has 0 aliphatic heterocycles. The van der Waals surface area contributed by atoms with Gasteiger partial charge < -0.3 is 9.52 Å². The molecule has 0 aliphatic carbocycles. The number of aryl methyl sites for hydroxylation is 3. The van der Waals surface area contributed by atoms with E-state index in [1.165, 1.54) is 0 Å². The molecule has 0 saturated heterocycles. The molecule has 0 fully saturated rings. The third kappa shape index (κ3) is 2.58. The minimum atomic E-state index is -0.526. The zero-order chi connectivity index (χ0) is 12.4. The van der Waals surface area contributed by atoms with E-state index in [4.69, 9.17) is 4.42 Å². The molecule has 2 heterocycles. The topological polar surface area (TPSA) is 51.2 Å². The molecule has 2 rings (SSSR count). The largest absolute Gasteiger partial charge is 0.466 e. The van der Waals surface area contributed by atoms with Crippen LogP contribution in [-0.2, 0) is 13.0 Å². The van der Waals surface area contributed by atoms with E-state index in [1.807, 2.05) is 37.7 Å². The number of nitrogens with zero attached hydrogens (tertiary/aromatic N) is 2. The fraction of sp³-hybridized carbons (Fsp3) is 0.462. The van der Waals surface area contributed by atoms with E-state index in [1.54, 1.807) is 6.20 Å². The standard InChI is InChI=1S/C13H18N2O2/c1-4-15-8-11(7-14-15)6-13(16)12-5-9(2)17-10(12)3/h5,7-8,13,16H,4,6H2,1-3H3. The van der Waals surface area contributed by atoms with Crippen LogP contribution in [0.25, 0.3) is 0 Å². The summed E-state index contributed by atoms with van der Waals surface area (Å²) in [6.07, 6.45) is 3.81. The van der Waals surface area contributed by atoms with Gasteiger partial charge in [-0.1, -0.05) is 0 Å². The van der Waals surface area contributed by atoms with Crippen LogP contribution in [0.1, 0.15) is 35.7 Å². The third-order valence-electron chi connectivity index (χ3n) is 2.88. The summed E-state index contributed by atoms with van der Waals surface area (Å²) >= 11 is 0. The molecule has 0 aliphatic rings. The molecule has 1 atom stereocenters. The SMILES string of the molecule is CCn1cc(CC(O)c2cc(C)oc2C)cn1. The summed E-state index contributed by atoms with van der Waals surface area (Å²) in [6, 6.07) is 1.89. The first-order valence-electron chi connectivity index (χ1n) is 5.86. The predicted molar refractivity (Wildman–Crippen MR) is 64.7 cm³/mol. The lowest BCUT2D eigenvalue weighted by atomic mass is 10.0. The van der Waals surface area contributed by atoms with E-state index < -0.39 is 6.10 Å². The Bertz CT molecular complexity index is 499. The number of aliphatic hydroxyl groups excluding tert-OH is 1. The van der Waals surface area contributed by atoms with Gasteiger partial charge in [-0.25, -0.2) is 0 Å². The van der Waals surface area contributed by atoms with Crippen LogP contribution in [0.5, 0.6) is 0 Å². The van der Waals surface area contributed by atoms with Crippen molar-refractivity contribution in [2.75, 3.05) is 0 Å². The van der Waals surface area contributed by atoms with Crippen LogP contribution in [0.2, 0.25) is 0 Å². The van der Waals surface area contributed by atoms with Gasteiger partial charge in [-0.3, -0.25) is 4.68 Å². The molecule has 2 aromatic rings. The van der Waals surface area contributed by atoms with Crippen LogP contribution in [0.4, 0.5) is 0 Å². The Morgan fingerprint density at radius 1 is 1.47 bits per heavy atom. The predicted octanol–water partition coefficient (Wildman–Crippen LogP) is 2.39. The van der Waals surface area contributed by atoms with E-state index >= 15 is 0 Å². The van der Waals surface area contributed by atoms with E-state index in [0.29, 0.717) is 6.42 Å². The Balaban J connectivity index is 2.11. The van der Waals surface area contributed by atoms with Gasteiger partial charge in [0.25, 0.3) is 0 Å². The zero-order valence-corrected chi connectivity index (χ0v) is 10.5. The Kier molecular flexibility index (Phi) is 3.33. The highest BCUT2D eigenvalue weighted by Crippen LogP contribution is 2.24. The number of rotatable bonds is 4. The van der Waals surface area contributed by atoms with Gasteiger partial charge in [0.15, 0.2) is 0 Å². The summed E-state index contributed by atoms with van der Waals surface area (Å²) in [5, 5.41) is 14.3. The van der Waals surface area contributed by atoms with Crippen molar-refractivity contribution in [2.45, 2.75) is 39.8 Å². The maximum Gasteiger partial charge on any atom is 0.106 e. The third-order valence-corrected chi connectivity index (χ3v) is 2.88.